The standard InChI is InChI=1S/C19H20N2/c1-14-6-9-18(13-15(14)2)21-17-10-7-16(8-11-17)19-5-3-4-12-20-19/h3-7,9-13,16,21H,8H2,1-2H3. The molecule has 0 fully saturated rings. The maximum Gasteiger partial charge on any atom is 0.0475 e. The highest BCUT2D eigenvalue weighted by molar-refractivity contribution is 5.54. The fourth-order valence-corrected chi connectivity index (χ4v) is 2.51. The van der Waals surface area contributed by atoms with E-state index in [1.165, 1.54) is 11.1 Å². The number of hydrogen-bond donors (Lipinski definition) is 1. The summed E-state index contributed by atoms with van der Waals surface area (Å²) in [6.45, 7) is 4.28. The Balaban J connectivity index is 1.68. The number of aromatic nitrogens is 1. The van der Waals surface area contributed by atoms with E-state index < -0.39 is 0 Å². The molecule has 1 heterocycles. The average Bonchev–Trinajstić information content (AvgIpc) is 2.53. The first-order chi connectivity index (χ1) is 10.2. The first kappa shape index (κ1) is 13.6. The summed E-state index contributed by atoms with van der Waals surface area (Å²) in [7, 11) is 0. The van der Waals surface area contributed by atoms with Crippen LogP contribution in [0.2, 0.25) is 0 Å². The van der Waals surface area contributed by atoms with Crippen molar-refractivity contribution in [2.45, 2.75) is 26.2 Å². The molecule has 1 aromatic carbocycles. The van der Waals surface area contributed by atoms with Crippen LogP contribution in [0.1, 0.15) is 29.2 Å². The van der Waals surface area contributed by atoms with E-state index in [1.807, 2.05) is 18.3 Å². The van der Waals surface area contributed by atoms with Crippen LogP contribution in [0.15, 0.2) is 66.5 Å². The summed E-state index contributed by atoms with van der Waals surface area (Å²) in [6, 6.07) is 12.6. The maximum atomic E-state index is 4.43. The van der Waals surface area contributed by atoms with Crippen LogP contribution in [0.4, 0.5) is 5.69 Å². The summed E-state index contributed by atoms with van der Waals surface area (Å²) in [6.07, 6.45) is 9.47. The second kappa shape index (κ2) is 5.96. The number of pyridine rings is 1. The van der Waals surface area contributed by atoms with E-state index >= 15 is 0 Å². The van der Waals surface area contributed by atoms with Gasteiger partial charge in [0, 0.05) is 29.2 Å². The second-order valence-corrected chi connectivity index (χ2v) is 5.54. The highest BCUT2D eigenvalue weighted by Crippen LogP contribution is 2.26. The highest BCUT2D eigenvalue weighted by Gasteiger charge is 2.12. The molecule has 2 nitrogen and oxygen atoms in total. The minimum Gasteiger partial charge on any atom is -0.356 e. The van der Waals surface area contributed by atoms with Crippen LogP contribution in [0.3, 0.4) is 0 Å². The average molecular weight is 276 g/mol. The van der Waals surface area contributed by atoms with Gasteiger partial charge in [-0.3, -0.25) is 4.98 Å². The lowest BCUT2D eigenvalue weighted by Crippen LogP contribution is -2.05. The Morgan fingerprint density at radius 1 is 1.10 bits per heavy atom. The lowest BCUT2D eigenvalue weighted by atomic mass is 9.95. The third-order valence-electron chi connectivity index (χ3n) is 3.96. The number of rotatable bonds is 3. The van der Waals surface area contributed by atoms with Gasteiger partial charge in [0.2, 0.25) is 0 Å². The quantitative estimate of drug-likeness (QED) is 0.876. The Morgan fingerprint density at radius 3 is 2.67 bits per heavy atom. The number of anilines is 1. The molecule has 0 aliphatic heterocycles. The van der Waals surface area contributed by atoms with Gasteiger partial charge in [0.1, 0.15) is 0 Å². The summed E-state index contributed by atoms with van der Waals surface area (Å²) in [5.74, 6) is 0.386. The largest absolute Gasteiger partial charge is 0.356 e. The number of allylic oxidation sites excluding steroid dienone is 3. The highest BCUT2D eigenvalue weighted by atomic mass is 14.9. The lowest BCUT2D eigenvalue weighted by molar-refractivity contribution is 0.809. The molecule has 1 aliphatic carbocycles. The van der Waals surface area contributed by atoms with Gasteiger partial charge in [0.05, 0.1) is 0 Å². The molecular formula is C19H20N2. The zero-order chi connectivity index (χ0) is 14.7. The molecule has 1 atom stereocenters. The first-order valence-electron chi connectivity index (χ1n) is 7.36. The zero-order valence-electron chi connectivity index (χ0n) is 12.5. The molecular weight excluding hydrogens is 256 g/mol. The van der Waals surface area contributed by atoms with Gasteiger partial charge in [-0.15, -0.1) is 0 Å². The molecule has 106 valence electrons. The lowest BCUT2D eigenvalue weighted by Gasteiger charge is -2.17. The van der Waals surface area contributed by atoms with Crippen LogP contribution in [0.5, 0.6) is 0 Å². The van der Waals surface area contributed by atoms with Crippen molar-refractivity contribution in [1.82, 2.24) is 4.98 Å². The van der Waals surface area contributed by atoms with Gasteiger partial charge in [-0.2, -0.15) is 0 Å². The van der Waals surface area contributed by atoms with Crippen molar-refractivity contribution >= 4 is 5.69 Å². The van der Waals surface area contributed by atoms with Crippen LogP contribution in [-0.2, 0) is 0 Å². The fourth-order valence-electron chi connectivity index (χ4n) is 2.51. The number of hydrogen-bond acceptors (Lipinski definition) is 2. The molecule has 3 rings (SSSR count). The molecule has 1 aliphatic rings. The number of nitrogens with one attached hydrogen (secondary N) is 1. The second-order valence-electron chi connectivity index (χ2n) is 5.54. The molecule has 0 spiro atoms. The van der Waals surface area contributed by atoms with E-state index in [0.717, 1.165) is 23.5 Å². The van der Waals surface area contributed by atoms with Crippen molar-refractivity contribution in [3.8, 4) is 0 Å². The molecule has 1 N–H and O–H groups in total. The van der Waals surface area contributed by atoms with Crippen molar-refractivity contribution in [3.63, 3.8) is 0 Å². The van der Waals surface area contributed by atoms with Gasteiger partial charge >= 0.3 is 0 Å². The van der Waals surface area contributed by atoms with E-state index in [-0.39, 0.29) is 0 Å². The summed E-state index contributed by atoms with van der Waals surface area (Å²) >= 11 is 0. The molecule has 0 bridgehead atoms. The molecule has 1 aromatic heterocycles. The minimum absolute atomic E-state index is 0.386. The monoisotopic (exact) mass is 276 g/mol. The normalized spacial score (nSPS) is 17.4. The van der Waals surface area contributed by atoms with Crippen molar-refractivity contribution < 1.29 is 0 Å². The SMILES string of the molecule is Cc1ccc(NC2=CCC(c3ccccn3)C=C2)cc1C. The van der Waals surface area contributed by atoms with Crippen LogP contribution in [-0.4, -0.2) is 4.98 Å². The Morgan fingerprint density at radius 2 is 2.00 bits per heavy atom. The van der Waals surface area contributed by atoms with Crippen molar-refractivity contribution in [2.24, 2.45) is 0 Å². The van der Waals surface area contributed by atoms with E-state index in [1.54, 1.807) is 0 Å². The molecule has 0 saturated carbocycles. The van der Waals surface area contributed by atoms with Gasteiger partial charge in [-0.05, 0) is 61.7 Å². The van der Waals surface area contributed by atoms with Crippen LogP contribution >= 0.6 is 0 Å². The molecule has 0 radical (unpaired) electrons. The van der Waals surface area contributed by atoms with Crippen molar-refractivity contribution in [1.29, 1.82) is 0 Å². The molecule has 1 unspecified atom stereocenters. The van der Waals surface area contributed by atoms with E-state index in [4.69, 9.17) is 0 Å². The third-order valence-corrected chi connectivity index (χ3v) is 3.96. The van der Waals surface area contributed by atoms with Gasteiger partial charge in [0.15, 0.2) is 0 Å². The summed E-state index contributed by atoms with van der Waals surface area (Å²) in [5, 5.41) is 3.47. The Bertz CT molecular complexity index is 684. The zero-order valence-corrected chi connectivity index (χ0v) is 12.5. The third kappa shape index (κ3) is 3.22. The van der Waals surface area contributed by atoms with E-state index in [2.05, 4.69) is 66.6 Å². The molecule has 2 heteroatoms. The van der Waals surface area contributed by atoms with Crippen LogP contribution in [0, 0.1) is 13.8 Å². The van der Waals surface area contributed by atoms with Gasteiger partial charge in [0.25, 0.3) is 0 Å². The van der Waals surface area contributed by atoms with Gasteiger partial charge in [-0.25, -0.2) is 0 Å². The van der Waals surface area contributed by atoms with Crippen molar-refractivity contribution in [3.05, 3.63) is 83.3 Å². The summed E-state index contributed by atoms with van der Waals surface area (Å²) in [5.41, 5.74) is 6.07. The molecule has 0 saturated heterocycles. The predicted octanol–water partition coefficient (Wildman–Crippen LogP) is 4.74. The van der Waals surface area contributed by atoms with Gasteiger partial charge < -0.3 is 5.32 Å². The van der Waals surface area contributed by atoms with Gasteiger partial charge in [-0.1, -0.05) is 24.3 Å². The molecule has 0 amide bonds. The Kier molecular flexibility index (Phi) is 3.87. The maximum absolute atomic E-state index is 4.43. The topological polar surface area (TPSA) is 24.9 Å². The minimum atomic E-state index is 0.386. The van der Waals surface area contributed by atoms with E-state index in [9.17, 15) is 0 Å². The van der Waals surface area contributed by atoms with Crippen LogP contribution in [0.25, 0.3) is 0 Å². The Hall–Kier alpha value is -2.35. The molecule has 21 heavy (non-hydrogen) atoms. The first-order valence-corrected chi connectivity index (χ1v) is 7.36. The molecule has 2 aromatic rings. The van der Waals surface area contributed by atoms with Crippen LogP contribution < -0.4 is 5.32 Å². The smallest absolute Gasteiger partial charge is 0.0475 e. The summed E-state index contributed by atoms with van der Waals surface area (Å²) in [4.78, 5) is 4.43. The number of benzene rings is 1. The fraction of sp³-hybridized carbons (Fsp3) is 0.211. The Labute approximate surface area is 126 Å². The number of nitrogens with zero attached hydrogens (tertiary/aromatic N) is 1. The predicted molar refractivity (Wildman–Crippen MR) is 88.4 cm³/mol. The van der Waals surface area contributed by atoms with Crippen molar-refractivity contribution in [2.75, 3.05) is 5.32 Å². The number of aryl methyl sites for hydroxylation is 2. The summed E-state index contributed by atoms with van der Waals surface area (Å²) < 4.78 is 0. The van der Waals surface area contributed by atoms with E-state index in [0.29, 0.717) is 5.92 Å².